The molecule has 2 amide bonds. The summed E-state index contributed by atoms with van der Waals surface area (Å²) in [5, 5.41) is 5.61. The van der Waals surface area contributed by atoms with E-state index in [0.717, 1.165) is 19.2 Å². The van der Waals surface area contributed by atoms with Crippen molar-refractivity contribution in [3.05, 3.63) is 12.0 Å². The highest BCUT2D eigenvalue weighted by Gasteiger charge is 2.53. The van der Waals surface area contributed by atoms with Crippen LogP contribution in [0.4, 0.5) is 18.0 Å². The molecule has 144 valence electrons. The summed E-state index contributed by atoms with van der Waals surface area (Å²) in [6, 6.07) is -0.782. The summed E-state index contributed by atoms with van der Waals surface area (Å²) in [6.45, 7) is 0.159. The van der Waals surface area contributed by atoms with Crippen molar-refractivity contribution >= 4 is 6.03 Å². The number of carbonyl (C=O) groups excluding carboxylic acids is 1. The largest absolute Gasteiger partial charge is 0.490 e. The van der Waals surface area contributed by atoms with E-state index < -0.39 is 18.8 Å². The maximum atomic E-state index is 12.4. The van der Waals surface area contributed by atoms with Gasteiger partial charge in [-0.2, -0.15) is 18.2 Å². The van der Waals surface area contributed by atoms with Gasteiger partial charge in [-0.3, -0.25) is 0 Å². The first-order valence-electron chi connectivity index (χ1n) is 8.37. The molecule has 2 aliphatic rings. The number of methoxy groups -OCH3 is 1. The lowest BCUT2D eigenvalue weighted by Crippen LogP contribution is -2.49. The van der Waals surface area contributed by atoms with Gasteiger partial charge < -0.3 is 20.1 Å². The van der Waals surface area contributed by atoms with Gasteiger partial charge in [0.1, 0.15) is 12.0 Å². The van der Waals surface area contributed by atoms with Crippen LogP contribution in [0, 0.1) is 5.41 Å². The number of halogens is 3. The molecule has 2 fully saturated rings. The fourth-order valence-corrected chi connectivity index (χ4v) is 3.29. The van der Waals surface area contributed by atoms with Crippen LogP contribution in [-0.4, -0.2) is 41.9 Å². The van der Waals surface area contributed by atoms with Crippen molar-refractivity contribution in [2.45, 2.75) is 50.9 Å². The molecule has 0 aliphatic heterocycles. The number of nitrogens with zero attached hydrogens (tertiary/aromatic N) is 2. The summed E-state index contributed by atoms with van der Waals surface area (Å²) in [5.41, 5.74) is 0.714. The lowest BCUT2D eigenvalue weighted by molar-refractivity contribution is -0.154. The minimum atomic E-state index is -4.50. The molecular weight excluding hydrogens is 353 g/mol. The Labute approximate surface area is 148 Å². The Morgan fingerprint density at radius 1 is 1.38 bits per heavy atom. The van der Waals surface area contributed by atoms with Gasteiger partial charge in [0, 0.05) is 6.04 Å². The van der Waals surface area contributed by atoms with Gasteiger partial charge in [-0.05, 0) is 38.0 Å². The quantitative estimate of drug-likeness (QED) is 0.800. The van der Waals surface area contributed by atoms with E-state index in [1.165, 1.54) is 20.0 Å². The highest BCUT2D eigenvalue weighted by atomic mass is 19.4. The predicted octanol–water partition coefficient (Wildman–Crippen LogP) is 2.73. The van der Waals surface area contributed by atoms with Crippen LogP contribution >= 0.6 is 0 Å². The van der Waals surface area contributed by atoms with E-state index in [9.17, 15) is 18.0 Å². The van der Waals surface area contributed by atoms with E-state index in [-0.39, 0.29) is 29.4 Å². The molecule has 1 aromatic heterocycles. The molecule has 0 radical (unpaired) electrons. The number of nitrogens with one attached hydrogen (secondary N) is 2. The molecule has 2 N–H and O–H groups in total. The van der Waals surface area contributed by atoms with E-state index in [2.05, 4.69) is 25.3 Å². The topological polar surface area (TPSA) is 85.4 Å². The van der Waals surface area contributed by atoms with Gasteiger partial charge in [-0.25, -0.2) is 9.78 Å². The summed E-state index contributed by atoms with van der Waals surface area (Å²) in [6.07, 6.45) is 1.05. The average Bonchev–Trinajstić information content (AvgIpc) is 3.31. The zero-order chi connectivity index (χ0) is 18.9. The van der Waals surface area contributed by atoms with Crippen molar-refractivity contribution < 1.29 is 27.4 Å². The van der Waals surface area contributed by atoms with Gasteiger partial charge >= 0.3 is 12.2 Å². The number of urea groups is 1. The highest BCUT2D eigenvalue weighted by Crippen LogP contribution is 2.60. The minimum Gasteiger partial charge on any atom is -0.490 e. The van der Waals surface area contributed by atoms with Crippen molar-refractivity contribution in [1.82, 2.24) is 20.6 Å². The van der Waals surface area contributed by atoms with E-state index in [4.69, 9.17) is 4.74 Å². The number of ether oxygens (including phenoxy) is 2. The van der Waals surface area contributed by atoms with Crippen LogP contribution < -0.4 is 20.1 Å². The summed E-state index contributed by atoms with van der Waals surface area (Å²) >= 11 is 0. The average molecular weight is 374 g/mol. The normalized spacial score (nSPS) is 19.4. The molecule has 3 rings (SSSR count). The van der Waals surface area contributed by atoms with Crippen LogP contribution in [0.15, 0.2) is 6.33 Å². The number of hydrogen-bond donors (Lipinski definition) is 2. The molecule has 7 nitrogen and oxygen atoms in total. The van der Waals surface area contributed by atoms with Crippen molar-refractivity contribution in [3.8, 4) is 11.6 Å². The lowest BCUT2D eigenvalue weighted by Gasteiger charge is -2.36. The molecule has 0 saturated heterocycles. The first-order valence-corrected chi connectivity index (χ1v) is 8.37. The second kappa shape index (κ2) is 6.81. The molecule has 1 atom stereocenters. The van der Waals surface area contributed by atoms with E-state index in [1.807, 2.05) is 0 Å². The number of aromatic nitrogens is 2. The zero-order valence-electron chi connectivity index (χ0n) is 14.5. The van der Waals surface area contributed by atoms with Crippen LogP contribution in [0.2, 0.25) is 0 Å². The SMILES string of the molecule is COc1c(OCC(F)(F)F)ncnc1C(C)NC(=O)NC1CC2(CC2)C1. The third-order valence-electron chi connectivity index (χ3n) is 4.78. The molecule has 10 heteroatoms. The Kier molecular flexibility index (Phi) is 4.85. The molecule has 26 heavy (non-hydrogen) atoms. The Morgan fingerprint density at radius 2 is 2.08 bits per heavy atom. The Bertz CT molecular complexity index is 671. The monoisotopic (exact) mass is 374 g/mol. The van der Waals surface area contributed by atoms with E-state index in [1.54, 1.807) is 6.92 Å². The van der Waals surface area contributed by atoms with Crippen molar-refractivity contribution in [2.24, 2.45) is 5.41 Å². The zero-order valence-corrected chi connectivity index (χ0v) is 14.5. The Morgan fingerprint density at radius 3 is 2.65 bits per heavy atom. The van der Waals surface area contributed by atoms with Gasteiger partial charge in [0.25, 0.3) is 5.88 Å². The van der Waals surface area contributed by atoms with E-state index >= 15 is 0 Å². The molecule has 2 saturated carbocycles. The van der Waals surface area contributed by atoms with Gasteiger partial charge in [-0.1, -0.05) is 0 Å². The lowest BCUT2D eigenvalue weighted by atomic mass is 9.77. The molecule has 0 bridgehead atoms. The fourth-order valence-electron chi connectivity index (χ4n) is 3.29. The number of rotatable bonds is 6. The molecule has 1 heterocycles. The van der Waals surface area contributed by atoms with Gasteiger partial charge in [0.05, 0.1) is 13.2 Å². The second-order valence-corrected chi connectivity index (χ2v) is 6.95. The molecule has 1 spiro atoms. The first kappa shape index (κ1) is 18.5. The molecule has 0 aromatic carbocycles. The molecule has 1 aromatic rings. The number of carbonyl (C=O) groups is 1. The summed E-state index contributed by atoms with van der Waals surface area (Å²) in [7, 11) is 1.28. The number of hydrogen-bond acceptors (Lipinski definition) is 5. The maximum absolute atomic E-state index is 12.4. The summed E-state index contributed by atoms with van der Waals surface area (Å²) < 4.78 is 46.8. The third kappa shape index (κ3) is 4.28. The molecule has 2 aliphatic carbocycles. The fraction of sp³-hybridized carbons (Fsp3) is 0.688. The smallest absolute Gasteiger partial charge is 0.422 e. The summed E-state index contributed by atoms with van der Waals surface area (Å²) in [5.74, 6) is -0.358. The molecule has 1 unspecified atom stereocenters. The number of amides is 2. The predicted molar refractivity (Wildman–Crippen MR) is 84.9 cm³/mol. The summed E-state index contributed by atoms with van der Waals surface area (Å²) in [4.78, 5) is 19.8. The number of alkyl halides is 3. The van der Waals surface area contributed by atoms with Crippen molar-refractivity contribution in [3.63, 3.8) is 0 Å². The highest BCUT2D eigenvalue weighted by molar-refractivity contribution is 5.75. The minimum absolute atomic E-state index is 0.0369. The second-order valence-electron chi connectivity index (χ2n) is 6.95. The van der Waals surface area contributed by atoms with Gasteiger partial charge in [-0.15, -0.1) is 0 Å². The van der Waals surface area contributed by atoms with E-state index in [0.29, 0.717) is 5.41 Å². The van der Waals surface area contributed by atoms with Crippen LogP contribution in [0.5, 0.6) is 11.6 Å². The standard InChI is InChI=1S/C16H21F3N4O3/c1-9(22-14(24)23-10-5-15(6-10)3-4-15)11-12(25-2)13(21-8-20-11)26-7-16(17,18)19/h8-10H,3-7H2,1-2H3,(H2,22,23,24). The van der Waals surface area contributed by atoms with Crippen LogP contribution in [0.1, 0.15) is 44.3 Å². The third-order valence-corrected chi connectivity index (χ3v) is 4.78. The van der Waals surface area contributed by atoms with Gasteiger partial charge in [0.15, 0.2) is 6.61 Å². The maximum Gasteiger partial charge on any atom is 0.422 e. The van der Waals surface area contributed by atoms with Crippen LogP contribution in [0.25, 0.3) is 0 Å². The Balaban J connectivity index is 1.60. The molecular formula is C16H21F3N4O3. The first-order chi connectivity index (χ1) is 12.2. The van der Waals surface area contributed by atoms with Crippen molar-refractivity contribution in [2.75, 3.05) is 13.7 Å². The van der Waals surface area contributed by atoms with Crippen LogP contribution in [-0.2, 0) is 0 Å². The van der Waals surface area contributed by atoms with Crippen molar-refractivity contribution in [1.29, 1.82) is 0 Å². The Hall–Kier alpha value is -2.26. The van der Waals surface area contributed by atoms with Crippen LogP contribution in [0.3, 0.4) is 0 Å². The van der Waals surface area contributed by atoms with Gasteiger partial charge in [0.2, 0.25) is 5.75 Å².